The van der Waals surface area contributed by atoms with E-state index >= 15 is 0 Å². The second-order valence-electron chi connectivity index (χ2n) is 12.2. The highest BCUT2D eigenvalue weighted by Gasteiger charge is 2.45. The predicted molar refractivity (Wildman–Crippen MR) is 175 cm³/mol. The molecule has 24 nitrogen and oxygen atoms in total. The molecule has 12 N–H and O–H groups in total. The van der Waals surface area contributed by atoms with E-state index in [1.54, 1.807) is 6.92 Å². The van der Waals surface area contributed by atoms with E-state index in [0.29, 0.717) is 16.7 Å². The second kappa shape index (κ2) is 16.5. The summed E-state index contributed by atoms with van der Waals surface area (Å²) in [4.78, 5) is 61.1. The number of aromatic amines is 2. The molecule has 290 valence electrons. The third kappa shape index (κ3) is 8.11. The minimum atomic E-state index is -1.35. The molecule has 3 saturated heterocycles. The number of nitrogens with two attached hydrogens (primary N) is 1. The van der Waals surface area contributed by atoms with Gasteiger partial charge >= 0.3 is 11.4 Å². The van der Waals surface area contributed by atoms with E-state index < -0.39 is 103 Å². The highest BCUT2D eigenvalue weighted by Crippen LogP contribution is 2.32. The van der Waals surface area contributed by atoms with E-state index in [-0.39, 0.29) is 18.8 Å². The molecule has 0 aromatic carbocycles. The fraction of sp³-hybridized carbons (Fsp3) is 0.552. The third-order valence-electron chi connectivity index (χ3n) is 8.66. The number of fused-ring (bicyclic) bond motifs is 1. The fourth-order valence-electron chi connectivity index (χ4n) is 5.75. The molecule has 7 heterocycles. The molecule has 4 aromatic rings. The van der Waals surface area contributed by atoms with Crippen LogP contribution in [0.5, 0.6) is 0 Å². The quantitative estimate of drug-likeness (QED) is 0.0872. The Morgan fingerprint density at radius 1 is 0.774 bits per heavy atom. The van der Waals surface area contributed by atoms with Crippen LogP contribution in [0.1, 0.15) is 30.7 Å². The van der Waals surface area contributed by atoms with Gasteiger partial charge in [-0.2, -0.15) is 0 Å². The van der Waals surface area contributed by atoms with Gasteiger partial charge in [0.1, 0.15) is 60.8 Å². The molecule has 4 aromatic heterocycles. The lowest BCUT2D eigenvalue weighted by Gasteiger charge is -2.16. The first-order valence-corrected chi connectivity index (χ1v) is 16.0. The lowest BCUT2D eigenvalue weighted by Crippen LogP contribution is -2.37. The Kier molecular flexibility index (Phi) is 12.3. The molecule has 24 heteroatoms. The van der Waals surface area contributed by atoms with Crippen LogP contribution < -0.4 is 28.2 Å². The van der Waals surface area contributed by atoms with Gasteiger partial charge in [0.25, 0.3) is 11.1 Å². The number of imidazole rings is 1. The molecule has 0 aliphatic carbocycles. The summed E-state index contributed by atoms with van der Waals surface area (Å²) < 4.78 is 19.5. The van der Waals surface area contributed by atoms with Crippen molar-refractivity contribution in [3.63, 3.8) is 0 Å². The van der Waals surface area contributed by atoms with Crippen LogP contribution in [0.2, 0.25) is 0 Å². The van der Waals surface area contributed by atoms with E-state index in [4.69, 9.17) is 35.3 Å². The highest BCUT2D eigenvalue weighted by molar-refractivity contribution is 5.81. The van der Waals surface area contributed by atoms with Crippen LogP contribution in [-0.2, 0) is 14.2 Å². The van der Waals surface area contributed by atoms with E-state index in [1.165, 1.54) is 28.0 Å². The van der Waals surface area contributed by atoms with Gasteiger partial charge in [0.2, 0.25) is 0 Å². The maximum Gasteiger partial charge on any atom is 0.330 e. The van der Waals surface area contributed by atoms with Gasteiger partial charge < -0.3 is 60.8 Å². The van der Waals surface area contributed by atoms with Gasteiger partial charge in [-0.25, -0.2) is 24.5 Å². The summed E-state index contributed by atoms with van der Waals surface area (Å²) >= 11 is 0. The summed E-state index contributed by atoms with van der Waals surface area (Å²) in [6, 6.07) is 1.09. The molecule has 0 amide bonds. The minimum Gasteiger partial charge on any atom is -0.394 e. The third-order valence-corrected chi connectivity index (χ3v) is 8.66. The van der Waals surface area contributed by atoms with Crippen molar-refractivity contribution in [1.29, 1.82) is 0 Å². The van der Waals surface area contributed by atoms with Crippen LogP contribution >= 0.6 is 0 Å². The topological polar surface area (TPSA) is 369 Å². The van der Waals surface area contributed by atoms with Crippen LogP contribution in [0.3, 0.4) is 0 Å². The summed E-state index contributed by atoms with van der Waals surface area (Å²) in [6.45, 7) is 0.393. The van der Waals surface area contributed by atoms with Gasteiger partial charge in [0.15, 0.2) is 23.9 Å². The predicted octanol–water partition coefficient (Wildman–Crippen LogP) is -6.35. The standard InChI is InChI=1S/C10H13N5O4.C10H14N2O5.C9H12N2O6/c11-8-5-9(13-2-12-8)15(3-14-5)10-7(18)6(17)4(1-16)19-10;1-5-3-12(10(16)11-9(5)15)8-2-6(14)7(4-13)17-8;12-3-4-6(14)7(15)8(17-4)11-2-1-5(13)10-9(11)16/h2-4,6-7,10,16-18H,1H2,(H2,11,12,13);3,6-8,13-14H,2,4H2,1H3,(H,11,15,16);1-2,4,6-8,12,14-15H,3H2,(H,10,13,16)/t4-,6-,7-,10-;6-,7+,8+;4-,6-,7-,8-/m101/s1. The van der Waals surface area contributed by atoms with Gasteiger partial charge in [-0.15, -0.1) is 0 Å². The molecule has 53 heavy (non-hydrogen) atoms. The second-order valence-corrected chi connectivity index (χ2v) is 12.2. The van der Waals surface area contributed by atoms with Crippen molar-refractivity contribution < 1.29 is 55.1 Å². The largest absolute Gasteiger partial charge is 0.394 e. The van der Waals surface area contributed by atoms with Crippen LogP contribution in [0, 0.1) is 6.92 Å². The van der Waals surface area contributed by atoms with Crippen molar-refractivity contribution in [2.75, 3.05) is 25.6 Å². The number of H-pyrrole nitrogens is 2. The number of aliphatic hydroxyl groups excluding tert-OH is 8. The molecule has 0 radical (unpaired) electrons. The average Bonchev–Trinajstić information content (AvgIpc) is 3.88. The number of nitrogens with one attached hydrogen (secondary N) is 2. The fourth-order valence-corrected chi connectivity index (χ4v) is 5.75. The van der Waals surface area contributed by atoms with E-state index in [2.05, 4.69) is 19.9 Å². The Labute approximate surface area is 295 Å². The number of aliphatic hydroxyl groups is 8. The minimum absolute atomic E-state index is 0.205. The molecule has 11 atom stereocenters. The number of aryl methyl sites for hydroxylation is 1. The monoisotopic (exact) mass is 753 g/mol. The summed E-state index contributed by atoms with van der Waals surface area (Å²) in [5, 5.41) is 75.3. The number of anilines is 1. The van der Waals surface area contributed by atoms with Gasteiger partial charge in [-0.3, -0.25) is 33.3 Å². The summed E-state index contributed by atoms with van der Waals surface area (Å²) in [6.07, 6.45) is -5.59. The van der Waals surface area contributed by atoms with Crippen molar-refractivity contribution in [1.82, 2.24) is 38.6 Å². The highest BCUT2D eigenvalue weighted by atomic mass is 16.6. The first kappa shape index (κ1) is 39.5. The SMILES string of the molecule is Cc1cn([C@H]2C[C@H](O)[C@@H](CO)O2)c(=O)[nH]c1=O.Nc1ncnc2c1ncn2[C@@H]1O[C@H](CO)[C@@H](O)[C@H]1O.O=c1ccn([C@@H]2O[C@H](CO)[C@@H](O)[C@H]2O)c(=O)[nH]1. The van der Waals surface area contributed by atoms with Gasteiger partial charge in [0.05, 0.1) is 32.3 Å². The van der Waals surface area contributed by atoms with Gasteiger partial charge in [0, 0.05) is 30.4 Å². The maximum atomic E-state index is 11.6. The molecular weight excluding hydrogens is 714 g/mol. The number of hydrogen-bond donors (Lipinski definition) is 11. The lowest BCUT2D eigenvalue weighted by atomic mass is 10.1. The number of aromatic nitrogens is 8. The Balaban J connectivity index is 0.000000154. The maximum absolute atomic E-state index is 11.6. The van der Waals surface area contributed by atoms with E-state index in [9.17, 15) is 44.7 Å². The lowest BCUT2D eigenvalue weighted by molar-refractivity contribution is -0.0550. The Bertz CT molecular complexity index is 2100. The van der Waals surface area contributed by atoms with E-state index in [1.807, 2.05) is 4.98 Å². The molecule has 3 fully saturated rings. The normalized spacial score (nSPS) is 30.8. The molecule has 0 bridgehead atoms. The molecule has 3 aliphatic heterocycles. The van der Waals surface area contributed by atoms with Crippen LogP contribution in [0.25, 0.3) is 11.2 Å². The number of nitrogens with zero attached hydrogens (tertiary/aromatic N) is 6. The zero-order chi connectivity index (χ0) is 38.7. The first-order chi connectivity index (χ1) is 25.2. The number of rotatable bonds is 6. The van der Waals surface area contributed by atoms with Gasteiger partial charge in [-0.1, -0.05) is 0 Å². The summed E-state index contributed by atoms with van der Waals surface area (Å²) in [5.74, 6) is 0.218. The van der Waals surface area contributed by atoms with Crippen molar-refractivity contribution in [3.05, 3.63) is 78.4 Å². The number of hydrogen-bond acceptors (Lipinski definition) is 19. The molecule has 0 saturated carbocycles. The van der Waals surface area contributed by atoms with Crippen molar-refractivity contribution >= 4 is 17.0 Å². The number of ether oxygens (including phenoxy) is 3. The zero-order valence-corrected chi connectivity index (χ0v) is 27.8. The van der Waals surface area contributed by atoms with Gasteiger partial charge in [-0.05, 0) is 6.92 Å². The molecule has 0 unspecified atom stereocenters. The molecule has 0 spiro atoms. The van der Waals surface area contributed by atoms with Crippen LogP contribution in [-0.4, -0.2) is 148 Å². The smallest absolute Gasteiger partial charge is 0.330 e. The van der Waals surface area contributed by atoms with Crippen molar-refractivity contribution in [3.8, 4) is 0 Å². The summed E-state index contributed by atoms with van der Waals surface area (Å²) in [7, 11) is 0. The average molecular weight is 754 g/mol. The Morgan fingerprint density at radius 3 is 1.91 bits per heavy atom. The zero-order valence-electron chi connectivity index (χ0n) is 27.8. The van der Waals surface area contributed by atoms with Crippen LogP contribution in [0.4, 0.5) is 5.82 Å². The Morgan fingerprint density at radius 2 is 1.36 bits per heavy atom. The molecule has 3 aliphatic rings. The Hall–Kier alpha value is -4.73. The first-order valence-electron chi connectivity index (χ1n) is 16.0. The van der Waals surface area contributed by atoms with Crippen LogP contribution in [0.15, 0.2) is 50.3 Å². The summed E-state index contributed by atoms with van der Waals surface area (Å²) in [5.41, 5.74) is 4.47. The molecular formula is C29H39N9O15. The van der Waals surface area contributed by atoms with E-state index in [0.717, 1.165) is 16.8 Å². The van der Waals surface area contributed by atoms with Crippen molar-refractivity contribution in [2.45, 2.75) is 80.9 Å². The van der Waals surface area contributed by atoms with Crippen molar-refractivity contribution in [2.24, 2.45) is 0 Å². The number of nitrogen functional groups attached to an aromatic ring is 1. The molecule has 7 rings (SSSR count).